The summed E-state index contributed by atoms with van der Waals surface area (Å²) >= 11 is 0. The first-order valence-corrected chi connectivity index (χ1v) is 5.88. The van der Waals surface area contributed by atoms with Crippen LogP contribution in [0.25, 0.3) is 0 Å². The molecule has 1 heteroatoms. The van der Waals surface area contributed by atoms with Crippen LogP contribution >= 0.6 is 0 Å². The Bertz CT molecular complexity index is 216. The van der Waals surface area contributed by atoms with Crippen LogP contribution in [-0.2, 0) is 0 Å². The highest BCUT2D eigenvalue weighted by atomic mass is 14.2. The SMILES string of the molecule is CC(=CCCCC#N)C1CCCCC1. The fraction of sp³-hybridized carbons (Fsp3) is 0.769. The normalized spacial score (nSPS) is 19.3. The van der Waals surface area contributed by atoms with Gasteiger partial charge in [0.05, 0.1) is 6.07 Å². The molecule has 14 heavy (non-hydrogen) atoms. The quantitative estimate of drug-likeness (QED) is 0.482. The van der Waals surface area contributed by atoms with Gasteiger partial charge < -0.3 is 0 Å². The molecule has 1 fully saturated rings. The molecule has 1 saturated carbocycles. The fourth-order valence-electron chi connectivity index (χ4n) is 2.24. The first kappa shape index (κ1) is 11.3. The van der Waals surface area contributed by atoms with Gasteiger partial charge in [-0.2, -0.15) is 5.26 Å². The molecule has 0 spiro atoms. The van der Waals surface area contributed by atoms with Gasteiger partial charge in [0, 0.05) is 6.42 Å². The molecule has 0 radical (unpaired) electrons. The van der Waals surface area contributed by atoms with Crippen LogP contribution < -0.4 is 0 Å². The number of nitriles is 1. The topological polar surface area (TPSA) is 23.8 Å². The predicted octanol–water partition coefficient (Wildman–Crippen LogP) is 4.21. The summed E-state index contributed by atoms with van der Waals surface area (Å²) in [5.74, 6) is 0.853. The maximum Gasteiger partial charge on any atom is 0.0621 e. The summed E-state index contributed by atoms with van der Waals surface area (Å²) in [6, 6.07) is 2.19. The van der Waals surface area contributed by atoms with Crippen molar-refractivity contribution in [1.29, 1.82) is 5.26 Å². The molecule has 0 aromatic heterocycles. The average molecular weight is 191 g/mol. The van der Waals surface area contributed by atoms with Crippen molar-refractivity contribution in [2.24, 2.45) is 5.92 Å². The third-order valence-corrected chi connectivity index (χ3v) is 3.21. The van der Waals surface area contributed by atoms with Crippen LogP contribution in [0, 0.1) is 17.2 Å². The van der Waals surface area contributed by atoms with Gasteiger partial charge in [0.1, 0.15) is 0 Å². The maximum absolute atomic E-state index is 8.41. The highest BCUT2D eigenvalue weighted by Crippen LogP contribution is 2.29. The van der Waals surface area contributed by atoms with Crippen LogP contribution in [0.15, 0.2) is 11.6 Å². The summed E-state index contributed by atoms with van der Waals surface area (Å²) in [5, 5.41) is 8.41. The number of nitrogens with zero attached hydrogens (tertiary/aromatic N) is 1. The van der Waals surface area contributed by atoms with Gasteiger partial charge in [-0.15, -0.1) is 0 Å². The Morgan fingerprint density at radius 3 is 2.71 bits per heavy atom. The van der Waals surface area contributed by atoms with Crippen LogP contribution in [0.3, 0.4) is 0 Å². The second kappa shape index (κ2) is 6.65. The first-order valence-electron chi connectivity index (χ1n) is 5.88. The van der Waals surface area contributed by atoms with Crippen molar-refractivity contribution in [3.63, 3.8) is 0 Å². The van der Waals surface area contributed by atoms with Crippen LogP contribution in [0.4, 0.5) is 0 Å². The summed E-state index contributed by atoms with van der Waals surface area (Å²) in [7, 11) is 0. The molecule has 0 N–H and O–H groups in total. The highest BCUT2D eigenvalue weighted by Gasteiger charge is 2.13. The molecule has 0 aromatic rings. The Hall–Kier alpha value is -0.770. The minimum absolute atomic E-state index is 0.703. The van der Waals surface area contributed by atoms with Crippen molar-refractivity contribution in [2.45, 2.75) is 58.3 Å². The Morgan fingerprint density at radius 1 is 1.36 bits per heavy atom. The van der Waals surface area contributed by atoms with Crippen molar-refractivity contribution in [3.05, 3.63) is 11.6 Å². The van der Waals surface area contributed by atoms with Gasteiger partial charge in [-0.1, -0.05) is 30.9 Å². The smallest absolute Gasteiger partial charge is 0.0621 e. The van der Waals surface area contributed by atoms with Crippen LogP contribution in [0.2, 0.25) is 0 Å². The van der Waals surface area contributed by atoms with E-state index in [2.05, 4.69) is 19.1 Å². The van der Waals surface area contributed by atoms with E-state index in [9.17, 15) is 0 Å². The molecule has 0 unspecified atom stereocenters. The van der Waals surface area contributed by atoms with Gasteiger partial charge >= 0.3 is 0 Å². The van der Waals surface area contributed by atoms with E-state index in [1.807, 2.05) is 0 Å². The molecular formula is C13H21N. The van der Waals surface area contributed by atoms with Crippen molar-refractivity contribution in [1.82, 2.24) is 0 Å². The molecular weight excluding hydrogens is 170 g/mol. The predicted molar refractivity (Wildman–Crippen MR) is 59.8 cm³/mol. The zero-order valence-corrected chi connectivity index (χ0v) is 9.26. The Labute approximate surface area is 87.8 Å². The van der Waals surface area contributed by atoms with E-state index in [0.717, 1.165) is 18.8 Å². The van der Waals surface area contributed by atoms with Crippen molar-refractivity contribution in [2.75, 3.05) is 0 Å². The Kier molecular flexibility index (Phi) is 5.37. The Balaban J connectivity index is 2.24. The van der Waals surface area contributed by atoms with E-state index in [1.165, 1.54) is 32.1 Å². The molecule has 1 nitrogen and oxygen atoms in total. The molecule has 1 rings (SSSR count). The lowest BCUT2D eigenvalue weighted by Gasteiger charge is -2.22. The summed E-state index contributed by atoms with van der Waals surface area (Å²) in [6.07, 6.45) is 12.2. The van der Waals surface area contributed by atoms with Crippen molar-refractivity contribution in [3.8, 4) is 6.07 Å². The van der Waals surface area contributed by atoms with Gasteiger partial charge in [0.2, 0.25) is 0 Å². The number of unbranched alkanes of at least 4 members (excludes halogenated alkanes) is 2. The lowest BCUT2D eigenvalue weighted by molar-refractivity contribution is 0.402. The third-order valence-electron chi connectivity index (χ3n) is 3.21. The lowest BCUT2D eigenvalue weighted by atomic mass is 9.84. The summed E-state index contributed by atoms with van der Waals surface area (Å²) in [6.45, 7) is 2.27. The molecule has 0 atom stereocenters. The van der Waals surface area contributed by atoms with Gasteiger partial charge in [0.25, 0.3) is 0 Å². The summed E-state index contributed by atoms with van der Waals surface area (Å²) in [5.41, 5.74) is 1.57. The zero-order valence-electron chi connectivity index (χ0n) is 9.26. The second-order valence-electron chi connectivity index (χ2n) is 4.33. The molecule has 0 amide bonds. The number of hydrogen-bond donors (Lipinski definition) is 0. The molecule has 78 valence electrons. The average Bonchev–Trinajstić information content (AvgIpc) is 2.25. The number of rotatable bonds is 4. The minimum Gasteiger partial charge on any atom is -0.198 e. The number of hydrogen-bond acceptors (Lipinski definition) is 1. The molecule has 1 aliphatic rings. The standard InChI is InChI=1S/C13H21N/c1-12(8-4-3-7-11-14)13-9-5-2-6-10-13/h8,13H,2-7,9-10H2,1H3. The van der Waals surface area contributed by atoms with Gasteiger partial charge in [-0.25, -0.2) is 0 Å². The van der Waals surface area contributed by atoms with Gasteiger partial charge in [-0.3, -0.25) is 0 Å². The lowest BCUT2D eigenvalue weighted by Crippen LogP contribution is -2.07. The highest BCUT2D eigenvalue weighted by molar-refractivity contribution is 5.04. The van der Waals surface area contributed by atoms with Crippen molar-refractivity contribution >= 4 is 0 Å². The maximum atomic E-state index is 8.41. The monoisotopic (exact) mass is 191 g/mol. The minimum atomic E-state index is 0.703. The first-order chi connectivity index (χ1) is 6.84. The molecule has 0 bridgehead atoms. The van der Waals surface area contributed by atoms with E-state index in [4.69, 9.17) is 5.26 Å². The van der Waals surface area contributed by atoms with Gasteiger partial charge in [-0.05, 0) is 38.5 Å². The molecule has 0 aliphatic heterocycles. The van der Waals surface area contributed by atoms with E-state index in [1.54, 1.807) is 5.57 Å². The van der Waals surface area contributed by atoms with E-state index in [-0.39, 0.29) is 0 Å². The van der Waals surface area contributed by atoms with Crippen LogP contribution in [-0.4, -0.2) is 0 Å². The molecule has 0 saturated heterocycles. The van der Waals surface area contributed by atoms with E-state index in [0.29, 0.717) is 6.42 Å². The summed E-state index contributed by atoms with van der Waals surface area (Å²) < 4.78 is 0. The fourth-order valence-corrected chi connectivity index (χ4v) is 2.24. The largest absolute Gasteiger partial charge is 0.198 e. The molecule has 0 aromatic carbocycles. The van der Waals surface area contributed by atoms with Crippen LogP contribution in [0.5, 0.6) is 0 Å². The van der Waals surface area contributed by atoms with Gasteiger partial charge in [0.15, 0.2) is 0 Å². The van der Waals surface area contributed by atoms with Crippen molar-refractivity contribution < 1.29 is 0 Å². The zero-order chi connectivity index (χ0) is 10.2. The molecule has 1 aliphatic carbocycles. The second-order valence-corrected chi connectivity index (χ2v) is 4.33. The van der Waals surface area contributed by atoms with E-state index >= 15 is 0 Å². The molecule has 0 heterocycles. The van der Waals surface area contributed by atoms with Crippen LogP contribution in [0.1, 0.15) is 58.3 Å². The summed E-state index contributed by atoms with van der Waals surface area (Å²) in [4.78, 5) is 0. The third kappa shape index (κ3) is 3.96. The van der Waals surface area contributed by atoms with E-state index < -0.39 is 0 Å². The number of allylic oxidation sites excluding steroid dienone is 2. The Morgan fingerprint density at radius 2 is 2.07 bits per heavy atom.